The molecule has 1 aliphatic heterocycles. The van der Waals surface area contributed by atoms with Crippen molar-refractivity contribution in [2.24, 2.45) is 5.73 Å². The van der Waals surface area contributed by atoms with Crippen LogP contribution in [-0.4, -0.2) is 30.5 Å². The number of hydrogen-bond acceptors (Lipinski definition) is 3. The van der Waals surface area contributed by atoms with Gasteiger partial charge in [0.2, 0.25) is 0 Å². The molecule has 0 spiro atoms. The van der Waals surface area contributed by atoms with Gasteiger partial charge in [-0.2, -0.15) is 0 Å². The minimum atomic E-state index is -0.684. The third-order valence-corrected chi connectivity index (χ3v) is 4.86. The summed E-state index contributed by atoms with van der Waals surface area (Å²) in [6, 6.07) is 9.61. The van der Waals surface area contributed by atoms with E-state index in [0.29, 0.717) is 30.9 Å². The first-order chi connectivity index (χ1) is 13.0. The summed E-state index contributed by atoms with van der Waals surface area (Å²) >= 11 is 6.20. The fourth-order valence-corrected chi connectivity index (χ4v) is 3.26. The SMILES string of the molecule is NC/C(=C/F)COc1ccc(C(=O)N2CCc3c(Cl)cccc3C2)cc1F. The molecule has 0 aliphatic carbocycles. The van der Waals surface area contributed by atoms with E-state index < -0.39 is 5.82 Å². The Balaban J connectivity index is 1.71. The molecule has 4 nitrogen and oxygen atoms in total. The molecule has 27 heavy (non-hydrogen) atoms. The average Bonchev–Trinajstić information content (AvgIpc) is 2.69. The predicted octanol–water partition coefficient (Wildman–Crippen LogP) is 3.87. The summed E-state index contributed by atoms with van der Waals surface area (Å²) in [6.07, 6.45) is 0.998. The zero-order valence-electron chi connectivity index (χ0n) is 14.6. The molecule has 0 saturated carbocycles. The fraction of sp³-hybridized carbons (Fsp3) is 0.250. The van der Waals surface area contributed by atoms with E-state index in [1.54, 1.807) is 4.90 Å². The zero-order chi connectivity index (χ0) is 19.4. The second kappa shape index (κ2) is 8.50. The molecule has 0 unspecified atom stereocenters. The van der Waals surface area contributed by atoms with Crippen molar-refractivity contribution >= 4 is 17.5 Å². The topological polar surface area (TPSA) is 55.6 Å². The van der Waals surface area contributed by atoms with Gasteiger partial charge in [-0.25, -0.2) is 8.78 Å². The van der Waals surface area contributed by atoms with Crippen molar-refractivity contribution in [2.45, 2.75) is 13.0 Å². The maximum absolute atomic E-state index is 14.3. The van der Waals surface area contributed by atoms with Crippen LogP contribution in [0.3, 0.4) is 0 Å². The highest BCUT2D eigenvalue weighted by Gasteiger charge is 2.23. The van der Waals surface area contributed by atoms with Crippen molar-refractivity contribution in [3.8, 4) is 5.75 Å². The van der Waals surface area contributed by atoms with Gasteiger partial charge in [-0.1, -0.05) is 23.7 Å². The standard InChI is InChI=1S/C20H19ClF2N2O2/c21-17-3-1-2-15-11-25(7-6-16(15)17)20(26)14-4-5-19(18(23)8-14)27-12-13(9-22)10-24/h1-5,8-9H,6-7,10-12,24H2/b13-9-. The molecular formula is C20H19ClF2N2O2. The lowest BCUT2D eigenvalue weighted by Crippen LogP contribution is -2.36. The number of amides is 1. The normalized spacial score (nSPS) is 14.1. The summed E-state index contributed by atoms with van der Waals surface area (Å²) in [5.41, 5.74) is 7.82. The van der Waals surface area contributed by atoms with E-state index in [2.05, 4.69) is 0 Å². The van der Waals surface area contributed by atoms with Gasteiger partial charge in [-0.3, -0.25) is 4.79 Å². The van der Waals surface area contributed by atoms with Crippen molar-refractivity contribution in [1.82, 2.24) is 4.90 Å². The molecular weight excluding hydrogens is 374 g/mol. The molecule has 2 N–H and O–H groups in total. The summed E-state index contributed by atoms with van der Waals surface area (Å²) in [5, 5.41) is 0.700. The Bertz CT molecular complexity index is 886. The maximum atomic E-state index is 14.3. The van der Waals surface area contributed by atoms with Crippen molar-refractivity contribution in [2.75, 3.05) is 19.7 Å². The third-order valence-electron chi connectivity index (χ3n) is 4.50. The van der Waals surface area contributed by atoms with Crippen molar-refractivity contribution < 1.29 is 18.3 Å². The van der Waals surface area contributed by atoms with Gasteiger partial charge in [-0.05, 0) is 41.8 Å². The van der Waals surface area contributed by atoms with Crippen molar-refractivity contribution in [1.29, 1.82) is 0 Å². The van der Waals surface area contributed by atoms with Gasteiger partial charge in [-0.15, -0.1) is 0 Å². The molecule has 7 heteroatoms. The number of carbonyl (C=O) groups excluding carboxylic acids is 1. The van der Waals surface area contributed by atoms with E-state index in [1.165, 1.54) is 12.1 Å². The van der Waals surface area contributed by atoms with Crippen LogP contribution in [0.2, 0.25) is 5.02 Å². The van der Waals surface area contributed by atoms with E-state index in [0.717, 1.165) is 17.2 Å². The first kappa shape index (κ1) is 19.3. The molecule has 142 valence electrons. The smallest absolute Gasteiger partial charge is 0.254 e. The molecule has 0 aromatic heterocycles. The second-order valence-corrected chi connectivity index (χ2v) is 6.67. The molecule has 1 heterocycles. The van der Waals surface area contributed by atoms with Crippen LogP contribution in [0.4, 0.5) is 8.78 Å². The number of rotatable bonds is 5. The summed E-state index contributed by atoms with van der Waals surface area (Å²) in [6.45, 7) is 0.766. The first-order valence-corrected chi connectivity index (χ1v) is 8.87. The first-order valence-electron chi connectivity index (χ1n) is 8.49. The van der Waals surface area contributed by atoms with E-state index in [9.17, 15) is 13.6 Å². The number of benzene rings is 2. The Morgan fingerprint density at radius 2 is 2.15 bits per heavy atom. The number of carbonyl (C=O) groups is 1. The monoisotopic (exact) mass is 392 g/mol. The molecule has 2 aromatic rings. The highest BCUT2D eigenvalue weighted by molar-refractivity contribution is 6.31. The van der Waals surface area contributed by atoms with Gasteiger partial charge in [0.1, 0.15) is 6.61 Å². The van der Waals surface area contributed by atoms with E-state index >= 15 is 0 Å². The van der Waals surface area contributed by atoms with Gasteiger partial charge < -0.3 is 15.4 Å². The third kappa shape index (κ3) is 4.28. The van der Waals surface area contributed by atoms with Crippen LogP contribution in [-0.2, 0) is 13.0 Å². The van der Waals surface area contributed by atoms with Crippen molar-refractivity contribution in [3.63, 3.8) is 0 Å². The van der Waals surface area contributed by atoms with Crippen LogP contribution >= 0.6 is 11.6 Å². The Hall–Kier alpha value is -2.44. The molecule has 1 amide bonds. The highest BCUT2D eigenvalue weighted by Crippen LogP contribution is 2.27. The molecule has 3 rings (SSSR count). The van der Waals surface area contributed by atoms with Gasteiger partial charge in [0, 0.05) is 35.8 Å². The summed E-state index contributed by atoms with van der Waals surface area (Å²) in [5.74, 6) is -1.01. The van der Waals surface area contributed by atoms with E-state index in [4.69, 9.17) is 22.1 Å². The van der Waals surface area contributed by atoms with Crippen LogP contribution in [0, 0.1) is 5.82 Å². The summed E-state index contributed by atoms with van der Waals surface area (Å²) in [4.78, 5) is 14.4. The number of ether oxygens (including phenoxy) is 1. The Kier molecular flexibility index (Phi) is 6.08. The Morgan fingerprint density at radius 1 is 1.33 bits per heavy atom. The molecule has 0 fully saturated rings. The molecule has 0 atom stereocenters. The van der Waals surface area contributed by atoms with Crippen LogP contribution in [0.25, 0.3) is 0 Å². The molecule has 1 aliphatic rings. The molecule has 0 radical (unpaired) electrons. The van der Waals surface area contributed by atoms with Crippen molar-refractivity contribution in [3.05, 3.63) is 75.8 Å². The van der Waals surface area contributed by atoms with Gasteiger partial charge in [0.25, 0.3) is 5.91 Å². The van der Waals surface area contributed by atoms with Gasteiger partial charge >= 0.3 is 0 Å². The lowest BCUT2D eigenvalue weighted by molar-refractivity contribution is 0.0734. The zero-order valence-corrected chi connectivity index (χ0v) is 15.3. The predicted molar refractivity (Wildman–Crippen MR) is 100 cm³/mol. The molecule has 2 aromatic carbocycles. The Morgan fingerprint density at radius 3 is 2.85 bits per heavy atom. The van der Waals surface area contributed by atoms with Crippen LogP contribution in [0.5, 0.6) is 5.75 Å². The second-order valence-electron chi connectivity index (χ2n) is 6.26. The number of nitrogens with two attached hydrogens (primary N) is 1. The minimum absolute atomic E-state index is 0.0187. The molecule has 0 bridgehead atoms. The quantitative estimate of drug-likeness (QED) is 0.840. The molecule has 0 saturated heterocycles. The van der Waals surface area contributed by atoms with Gasteiger partial charge in [0.15, 0.2) is 11.6 Å². The summed E-state index contributed by atoms with van der Waals surface area (Å²) < 4.78 is 32.0. The minimum Gasteiger partial charge on any atom is -0.486 e. The van der Waals surface area contributed by atoms with E-state index in [1.807, 2.05) is 18.2 Å². The lowest BCUT2D eigenvalue weighted by atomic mass is 9.99. The largest absolute Gasteiger partial charge is 0.486 e. The Labute approximate surface area is 161 Å². The number of nitrogens with zero attached hydrogens (tertiary/aromatic N) is 1. The average molecular weight is 393 g/mol. The van der Waals surface area contributed by atoms with Crippen LogP contribution in [0.1, 0.15) is 21.5 Å². The highest BCUT2D eigenvalue weighted by atomic mass is 35.5. The maximum Gasteiger partial charge on any atom is 0.254 e. The summed E-state index contributed by atoms with van der Waals surface area (Å²) in [7, 11) is 0. The number of hydrogen-bond donors (Lipinski definition) is 1. The number of halogens is 3. The van der Waals surface area contributed by atoms with Gasteiger partial charge in [0.05, 0.1) is 6.33 Å². The van der Waals surface area contributed by atoms with Crippen LogP contribution < -0.4 is 10.5 Å². The number of fused-ring (bicyclic) bond motifs is 1. The lowest BCUT2D eigenvalue weighted by Gasteiger charge is -2.29. The van der Waals surface area contributed by atoms with Crippen LogP contribution in [0.15, 0.2) is 48.3 Å². The van der Waals surface area contributed by atoms with E-state index in [-0.39, 0.29) is 35.9 Å². The fourth-order valence-electron chi connectivity index (χ4n) is 2.98.